The van der Waals surface area contributed by atoms with E-state index in [1.165, 1.54) is 0 Å². The summed E-state index contributed by atoms with van der Waals surface area (Å²) in [6, 6.07) is 0. The average molecular weight is 298 g/mol. The van der Waals surface area contributed by atoms with Crippen molar-refractivity contribution in [1.29, 1.82) is 0 Å². The van der Waals surface area contributed by atoms with Gasteiger partial charge in [-0.05, 0) is 30.4 Å². The van der Waals surface area contributed by atoms with Crippen LogP contribution in [0.15, 0.2) is 0 Å². The fraction of sp³-hybridized carbons (Fsp3) is 1.00. The van der Waals surface area contributed by atoms with Gasteiger partial charge in [0.15, 0.2) is 0 Å². The molecule has 0 bridgehead atoms. The molecule has 0 heterocycles. The van der Waals surface area contributed by atoms with Gasteiger partial charge < -0.3 is 4.89 Å². The van der Waals surface area contributed by atoms with Gasteiger partial charge in [0, 0.05) is 0 Å². The van der Waals surface area contributed by atoms with Gasteiger partial charge in [-0.2, -0.15) is 12.6 Å². The third kappa shape index (κ3) is 12.9. The SMILES string of the molecule is CC(C)(C)CCOP(=O)(O)OCCCCCCS. The van der Waals surface area contributed by atoms with Gasteiger partial charge in [0.2, 0.25) is 0 Å². The van der Waals surface area contributed by atoms with Crippen LogP contribution in [0, 0.1) is 5.41 Å². The van der Waals surface area contributed by atoms with Crippen LogP contribution in [0.1, 0.15) is 52.9 Å². The van der Waals surface area contributed by atoms with Crippen molar-refractivity contribution in [2.24, 2.45) is 5.41 Å². The smallest absolute Gasteiger partial charge is 0.302 e. The first kappa shape index (κ1) is 18.5. The standard InChI is InChI=1S/C12H27O4PS/c1-12(2,3)8-10-16-17(13,14)15-9-6-4-5-7-11-18/h18H,4-11H2,1-3H3,(H,13,14). The van der Waals surface area contributed by atoms with E-state index in [9.17, 15) is 9.46 Å². The fourth-order valence-electron chi connectivity index (χ4n) is 1.25. The van der Waals surface area contributed by atoms with E-state index < -0.39 is 7.82 Å². The highest BCUT2D eigenvalue weighted by Crippen LogP contribution is 2.43. The van der Waals surface area contributed by atoms with E-state index in [4.69, 9.17) is 9.05 Å². The summed E-state index contributed by atoms with van der Waals surface area (Å²) >= 11 is 4.12. The molecule has 18 heavy (non-hydrogen) atoms. The normalized spacial score (nSPS) is 15.6. The Balaban J connectivity index is 3.58. The number of phosphoric ester groups is 1. The van der Waals surface area contributed by atoms with Crippen molar-refractivity contribution in [1.82, 2.24) is 0 Å². The molecule has 6 heteroatoms. The Bertz CT molecular complexity index is 253. The van der Waals surface area contributed by atoms with Crippen LogP contribution in [0.2, 0.25) is 0 Å². The number of hydrogen-bond acceptors (Lipinski definition) is 4. The van der Waals surface area contributed by atoms with Gasteiger partial charge in [0.1, 0.15) is 0 Å². The molecule has 0 aliphatic carbocycles. The minimum absolute atomic E-state index is 0.0901. The number of unbranched alkanes of at least 4 members (excludes halogenated alkanes) is 3. The van der Waals surface area contributed by atoms with E-state index in [2.05, 4.69) is 33.4 Å². The molecule has 0 aromatic carbocycles. The summed E-state index contributed by atoms with van der Waals surface area (Å²) in [4.78, 5) is 9.41. The maximum Gasteiger partial charge on any atom is 0.472 e. The second-order valence-electron chi connectivity index (χ2n) is 5.58. The summed E-state index contributed by atoms with van der Waals surface area (Å²) in [6.07, 6.45) is 4.64. The summed E-state index contributed by atoms with van der Waals surface area (Å²) in [5.74, 6) is 0.884. The molecule has 4 nitrogen and oxygen atoms in total. The Morgan fingerprint density at radius 2 is 1.61 bits per heavy atom. The first-order chi connectivity index (χ1) is 8.27. The van der Waals surface area contributed by atoms with Crippen LogP contribution < -0.4 is 0 Å². The van der Waals surface area contributed by atoms with Crippen molar-refractivity contribution in [2.45, 2.75) is 52.9 Å². The molecule has 0 amide bonds. The summed E-state index contributed by atoms with van der Waals surface area (Å²) in [5, 5.41) is 0. The number of hydrogen-bond donors (Lipinski definition) is 2. The minimum atomic E-state index is -3.85. The molecule has 0 radical (unpaired) electrons. The molecular formula is C12H27O4PS. The molecule has 0 spiro atoms. The summed E-state index contributed by atoms with van der Waals surface area (Å²) in [7, 11) is -3.85. The van der Waals surface area contributed by atoms with Crippen molar-refractivity contribution >= 4 is 20.5 Å². The molecular weight excluding hydrogens is 271 g/mol. The Labute approximate surface area is 116 Å². The average Bonchev–Trinajstić information content (AvgIpc) is 2.21. The van der Waals surface area contributed by atoms with Gasteiger partial charge in [0.25, 0.3) is 0 Å². The highest BCUT2D eigenvalue weighted by Gasteiger charge is 2.21. The van der Waals surface area contributed by atoms with Gasteiger partial charge in [0.05, 0.1) is 13.2 Å². The van der Waals surface area contributed by atoms with Gasteiger partial charge in [-0.1, -0.05) is 33.6 Å². The Kier molecular flexibility index (Phi) is 9.62. The van der Waals surface area contributed by atoms with Crippen LogP contribution in [-0.4, -0.2) is 23.9 Å². The lowest BCUT2D eigenvalue weighted by Gasteiger charge is -2.19. The van der Waals surface area contributed by atoms with E-state index >= 15 is 0 Å². The maximum absolute atomic E-state index is 11.5. The largest absolute Gasteiger partial charge is 0.472 e. The van der Waals surface area contributed by atoms with Crippen molar-refractivity contribution in [3.63, 3.8) is 0 Å². The Morgan fingerprint density at radius 3 is 2.17 bits per heavy atom. The molecule has 0 saturated heterocycles. The molecule has 0 aromatic rings. The van der Waals surface area contributed by atoms with E-state index in [-0.39, 0.29) is 18.6 Å². The van der Waals surface area contributed by atoms with Gasteiger partial charge in [-0.25, -0.2) is 4.57 Å². The molecule has 1 unspecified atom stereocenters. The first-order valence-corrected chi connectivity index (χ1v) is 8.62. The van der Waals surface area contributed by atoms with Crippen molar-refractivity contribution in [3.05, 3.63) is 0 Å². The Morgan fingerprint density at radius 1 is 1.06 bits per heavy atom. The summed E-state index contributed by atoms with van der Waals surface area (Å²) in [5.41, 5.74) is 0.0901. The zero-order valence-electron chi connectivity index (χ0n) is 11.7. The second-order valence-corrected chi connectivity index (χ2v) is 7.48. The van der Waals surface area contributed by atoms with Gasteiger partial charge in [-0.15, -0.1) is 0 Å². The van der Waals surface area contributed by atoms with Gasteiger partial charge >= 0.3 is 7.82 Å². The highest BCUT2D eigenvalue weighted by molar-refractivity contribution is 7.80. The third-order valence-electron chi connectivity index (χ3n) is 2.41. The predicted octanol–water partition coefficient (Wildman–Crippen LogP) is 4.05. The van der Waals surface area contributed by atoms with E-state index in [0.29, 0.717) is 0 Å². The molecule has 0 aliphatic rings. The van der Waals surface area contributed by atoms with E-state index in [1.807, 2.05) is 0 Å². The molecule has 0 saturated carbocycles. The van der Waals surface area contributed by atoms with Crippen molar-refractivity contribution in [2.75, 3.05) is 19.0 Å². The predicted molar refractivity (Wildman–Crippen MR) is 78.1 cm³/mol. The summed E-state index contributed by atoms with van der Waals surface area (Å²) in [6.45, 7) is 6.69. The van der Waals surface area contributed by atoms with Crippen LogP contribution in [-0.2, 0) is 13.6 Å². The summed E-state index contributed by atoms with van der Waals surface area (Å²) < 4.78 is 21.3. The lowest BCUT2D eigenvalue weighted by Crippen LogP contribution is -2.09. The first-order valence-electron chi connectivity index (χ1n) is 6.49. The highest BCUT2D eigenvalue weighted by atomic mass is 32.1. The van der Waals surface area contributed by atoms with Crippen LogP contribution in [0.25, 0.3) is 0 Å². The van der Waals surface area contributed by atoms with Crippen LogP contribution in [0.3, 0.4) is 0 Å². The molecule has 0 rings (SSSR count). The monoisotopic (exact) mass is 298 g/mol. The van der Waals surface area contributed by atoms with E-state index in [1.54, 1.807) is 0 Å². The third-order valence-corrected chi connectivity index (χ3v) is 3.75. The van der Waals surface area contributed by atoms with Crippen LogP contribution >= 0.6 is 20.5 Å². The number of thiol groups is 1. The fourth-order valence-corrected chi connectivity index (χ4v) is 2.23. The topological polar surface area (TPSA) is 55.8 Å². The van der Waals surface area contributed by atoms with Gasteiger partial charge in [-0.3, -0.25) is 9.05 Å². The molecule has 0 aromatic heterocycles. The molecule has 110 valence electrons. The molecule has 1 N–H and O–H groups in total. The zero-order chi connectivity index (χ0) is 14.1. The van der Waals surface area contributed by atoms with Crippen LogP contribution in [0.4, 0.5) is 0 Å². The second kappa shape index (κ2) is 9.38. The van der Waals surface area contributed by atoms with Crippen molar-refractivity contribution in [3.8, 4) is 0 Å². The molecule has 0 fully saturated rings. The lowest BCUT2D eigenvalue weighted by atomic mass is 9.93. The number of rotatable bonds is 10. The van der Waals surface area contributed by atoms with Crippen molar-refractivity contribution < 1.29 is 18.5 Å². The minimum Gasteiger partial charge on any atom is -0.302 e. The molecule has 0 aliphatic heterocycles. The van der Waals surface area contributed by atoms with E-state index in [0.717, 1.165) is 37.9 Å². The number of phosphoric acid groups is 1. The lowest BCUT2D eigenvalue weighted by molar-refractivity contribution is 0.133. The Hall–Kier alpha value is 0.460. The zero-order valence-corrected chi connectivity index (χ0v) is 13.5. The quantitative estimate of drug-likeness (QED) is 0.363. The molecule has 1 atom stereocenters. The maximum atomic E-state index is 11.5. The van der Waals surface area contributed by atoms with Crippen LogP contribution in [0.5, 0.6) is 0 Å².